The zero-order valence-electron chi connectivity index (χ0n) is 42.7. The first kappa shape index (κ1) is 56.6. The fraction of sp³-hybridized carbons (Fsp3) is 0.660. The van der Waals surface area contributed by atoms with E-state index in [-0.39, 0.29) is 75.2 Å². The molecule has 1 aromatic rings. The highest BCUT2D eigenvalue weighted by Gasteiger charge is 2.81. The van der Waals surface area contributed by atoms with E-state index < -0.39 is 137 Å². The zero-order chi connectivity index (χ0) is 54.0. The number of phenols is 1. The Balaban J connectivity index is 1.27. The third-order valence-electron chi connectivity index (χ3n) is 15.1. The van der Waals surface area contributed by atoms with Crippen LogP contribution in [-0.4, -0.2) is 161 Å². The molecule has 4 heterocycles. The Morgan fingerprint density at radius 2 is 1.58 bits per heavy atom. The highest BCUT2D eigenvalue weighted by Crippen LogP contribution is 2.53. The monoisotopic (exact) mass is 1040 g/mol. The molecule has 5 fully saturated rings. The maximum Gasteiger partial charge on any atom is 0.339 e. The number of aromatic hydroxyl groups is 1. The standard InChI is InChI=1S/C50H74N12O12/c1-5-27(4)42-48(73)57-32(8-6-17-51)45(70)59-35-23-41(67)61-19-7-9-37-49(61)62(37,50(35)74)36(14-15-39(65)54-25-40(66)56-34(46(71)60-42)21-28-10-12-30(63)13-11-28)47(72)53-18-16-29-22-31(29)43(68)58-33(20-26(2)3)44(69)55-24-38(52)64/h10-13,26-27,29,31-37,42,49H,5-9,14-25,51H2,1-4H3,(H10-,52,53,54,55,56,57,58,59,60,63,64,65,66,68,69,70,71,72,73)/p+1. The highest BCUT2D eigenvalue weighted by atomic mass is 16.3. The summed E-state index contributed by atoms with van der Waals surface area (Å²) < 4.78 is -0.541. The van der Waals surface area contributed by atoms with Crippen LogP contribution in [0.3, 0.4) is 0 Å². The summed E-state index contributed by atoms with van der Waals surface area (Å²) >= 11 is 0. The highest BCUT2D eigenvalue weighted by molar-refractivity contribution is 5.98. The Morgan fingerprint density at radius 1 is 0.865 bits per heavy atom. The molecule has 11 amide bonds. The average molecular weight is 1040 g/mol. The third kappa shape index (κ3) is 13.7. The van der Waals surface area contributed by atoms with Crippen molar-refractivity contribution in [2.75, 3.05) is 32.7 Å². The van der Waals surface area contributed by atoms with Crippen LogP contribution in [0.5, 0.6) is 5.75 Å². The summed E-state index contributed by atoms with van der Waals surface area (Å²) in [7, 11) is 0. The summed E-state index contributed by atoms with van der Waals surface area (Å²) in [6.07, 6.45) is 0.990. The summed E-state index contributed by atoms with van der Waals surface area (Å²) in [6.45, 7) is 6.84. The second-order valence-electron chi connectivity index (χ2n) is 20.9. The number of rotatable bonds is 18. The van der Waals surface area contributed by atoms with Gasteiger partial charge < -0.3 is 59.1 Å². The molecule has 406 valence electrons. The lowest BCUT2D eigenvalue weighted by Crippen LogP contribution is -2.62. The first-order valence-electron chi connectivity index (χ1n) is 26.0. The van der Waals surface area contributed by atoms with Crippen molar-refractivity contribution >= 4 is 65.0 Å². The molecule has 24 nitrogen and oxygen atoms in total. The van der Waals surface area contributed by atoms with Gasteiger partial charge in [0.05, 0.1) is 19.5 Å². The van der Waals surface area contributed by atoms with Gasteiger partial charge in [0.2, 0.25) is 59.3 Å². The third-order valence-corrected chi connectivity index (χ3v) is 15.1. The summed E-state index contributed by atoms with van der Waals surface area (Å²) in [5.74, 6) is -8.02. The molecule has 1 saturated carbocycles. The fourth-order valence-corrected chi connectivity index (χ4v) is 10.8. The normalized spacial score (nSPS) is 29.4. The number of phenolic OH excluding ortho intramolecular Hbond substituents is 1. The molecule has 4 aliphatic heterocycles. The van der Waals surface area contributed by atoms with Gasteiger partial charge in [-0.3, -0.25) is 52.8 Å². The number of piperidine rings is 1. The molecule has 1 spiro atoms. The van der Waals surface area contributed by atoms with Gasteiger partial charge >= 0.3 is 5.91 Å². The van der Waals surface area contributed by atoms with E-state index in [4.69, 9.17) is 11.5 Å². The Labute approximate surface area is 430 Å². The van der Waals surface area contributed by atoms with Crippen LogP contribution in [0.15, 0.2) is 24.3 Å². The molecule has 24 heteroatoms. The molecule has 12 unspecified atom stereocenters. The van der Waals surface area contributed by atoms with E-state index in [1.807, 2.05) is 13.8 Å². The van der Waals surface area contributed by atoms with Crippen LogP contribution in [-0.2, 0) is 59.2 Å². The van der Waals surface area contributed by atoms with Crippen molar-refractivity contribution in [2.24, 2.45) is 35.1 Å². The number of hydrogen-bond donors (Lipinski definition) is 11. The van der Waals surface area contributed by atoms with E-state index in [9.17, 15) is 53.1 Å². The molecule has 4 saturated heterocycles. The van der Waals surface area contributed by atoms with Crippen molar-refractivity contribution in [3.63, 3.8) is 0 Å². The molecular formula is C50H75N12O12+. The summed E-state index contributed by atoms with van der Waals surface area (Å²) in [6, 6.07) is -1.97. The lowest BCUT2D eigenvalue weighted by Gasteiger charge is -2.31. The molecule has 12 atom stereocenters. The van der Waals surface area contributed by atoms with Gasteiger partial charge in [-0.15, -0.1) is 0 Å². The molecule has 74 heavy (non-hydrogen) atoms. The van der Waals surface area contributed by atoms with Gasteiger partial charge in [-0.2, -0.15) is 0 Å². The van der Waals surface area contributed by atoms with Crippen molar-refractivity contribution in [3.8, 4) is 5.75 Å². The van der Waals surface area contributed by atoms with Crippen LogP contribution >= 0.6 is 0 Å². The number of nitrogens with two attached hydrogens (primary N) is 2. The van der Waals surface area contributed by atoms with E-state index in [0.717, 1.165) is 0 Å². The molecule has 0 aromatic heterocycles. The Hall–Kier alpha value is -6.69. The van der Waals surface area contributed by atoms with Crippen molar-refractivity contribution < 1.29 is 62.3 Å². The van der Waals surface area contributed by atoms with E-state index in [0.29, 0.717) is 50.6 Å². The Kier molecular flexibility index (Phi) is 19.1. The minimum absolute atomic E-state index is 0.0233. The quantitative estimate of drug-likeness (QED) is 0.0527. The minimum Gasteiger partial charge on any atom is -0.508 e. The van der Waals surface area contributed by atoms with Gasteiger partial charge in [0.25, 0.3) is 5.91 Å². The number of benzene rings is 1. The predicted octanol–water partition coefficient (Wildman–Crippen LogP) is -2.71. The van der Waals surface area contributed by atoms with Crippen LogP contribution in [0.2, 0.25) is 0 Å². The van der Waals surface area contributed by atoms with Gasteiger partial charge in [0.15, 0.2) is 18.1 Å². The van der Waals surface area contributed by atoms with Crippen LogP contribution in [0.1, 0.15) is 104 Å². The van der Waals surface area contributed by atoms with Crippen LogP contribution in [0, 0.1) is 23.7 Å². The summed E-state index contributed by atoms with van der Waals surface area (Å²) in [5, 5.41) is 31.5. The second kappa shape index (κ2) is 25.0. The predicted molar refractivity (Wildman–Crippen MR) is 265 cm³/mol. The summed E-state index contributed by atoms with van der Waals surface area (Å²) in [4.78, 5) is 153. The SMILES string of the molecule is CCC(C)C1NC(=O)C(Cc2ccc(O)cc2)NC(=O)CNC(=O)CCC(C(=O)NCCC2CC2C(=O)NC(CC(C)C)C(=O)NCC(N)=O)[N+]23C(=O)C(CC(=O)N4CCCC2C43)NC(=O)C(CCCN)NC1=O. The zero-order valence-corrected chi connectivity index (χ0v) is 42.7. The van der Waals surface area contributed by atoms with Gasteiger partial charge in [-0.05, 0) is 80.5 Å². The van der Waals surface area contributed by atoms with Gasteiger partial charge in [-0.25, -0.2) is 9.28 Å². The fourth-order valence-electron chi connectivity index (χ4n) is 10.8. The number of primary amides is 1. The van der Waals surface area contributed by atoms with E-state index >= 15 is 4.79 Å². The molecule has 6 rings (SSSR count). The largest absolute Gasteiger partial charge is 0.508 e. The van der Waals surface area contributed by atoms with Crippen LogP contribution < -0.4 is 54.0 Å². The van der Waals surface area contributed by atoms with Crippen molar-refractivity contribution in [1.82, 2.24) is 47.4 Å². The number of fused-ring (bicyclic) bond motifs is 1. The van der Waals surface area contributed by atoms with Crippen molar-refractivity contribution in [2.45, 2.75) is 153 Å². The van der Waals surface area contributed by atoms with Gasteiger partial charge in [-0.1, -0.05) is 46.2 Å². The number of hydrogen-bond acceptors (Lipinski definition) is 13. The average Bonchev–Trinajstić information content (AvgIpc) is 4.29. The summed E-state index contributed by atoms with van der Waals surface area (Å²) in [5.41, 5.74) is 11.6. The molecule has 1 aromatic carbocycles. The molecule has 13 N–H and O–H groups in total. The Bertz CT molecular complexity index is 2320. The first-order valence-corrected chi connectivity index (χ1v) is 26.0. The van der Waals surface area contributed by atoms with Crippen LogP contribution in [0.4, 0.5) is 0 Å². The van der Waals surface area contributed by atoms with Crippen LogP contribution in [0.25, 0.3) is 0 Å². The van der Waals surface area contributed by atoms with E-state index in [1.165, 1.54) is 12.1 Å². The number of quaternary nitrogens is 1. The topological polar surface area (TPSA) is 360 Å². The maximum atomic E-state index is 15.3. The number of carbonyl (C=O) groups excluding carboxylic acids is 11. The number of amides is 11. The maximum absolute atomic E-state index is 15.3. The molecular weight excluding hydrogens is 961 g/mol. The lowest BCUT2D eigenvalue weighted by atomic mass is 9.96. The molecule has 1 aliphatic carbocycles. The molecule has 0 radical (unpaired) electrons. The number of carbonyl (C=O) groups is 11. The number of nitrogens with one attached hydrogen (secondary N) is 8. The molecule has 5 aliphatic rings. The van der Waals surface area contributed by atoms with E-state index in [2.05, 4.69) is 42.5 Å². The van der Waals surface area contributed by atoms with Gasteiger partial charge in [0.1, 0.15) is 29.9 Å². The smallest absolute Gasteiger partial charge is 0.339 e. The molecule has 2 bridgehead atoms. The van der Waals surface area contributed by atoms with Crippen molar-refractivity contribution in [1.29, 1.82) is 0 Å². The minimum atomic E-state index is -1.45. The lowest BCUT2D eigenvalue weighted by molar-refractivity contribution is -0.772. The first-order chi connectivity index (χ1) is 35.2. The van der Waals surface area contributed by atoms with Gasteiger partial charge in [0, 0.05) is 44.7 Å². The Morgan fingerprint density at radius 3 is 2.26 bits per heavy atom. The van der Waals surface area contributed by atoms with E-state index in [1.54, 1.807) is 30.9 Å². The van der Waals surface area contributed by atoms with Crippen molar-refractivity contribution in [3.05, 3.63) is 29.8 Å². The number of nitrogens with zero attached hydrogens (tertiary/aromatic N) is 2. The second-order valence-corrected chi connectivity index (χ2v) is 20.9.